The number of amides is 1. The topological polar surface area (TPSA) is 97.1 Å². The first-order valence-electron chi connectivity index (χ1n) is 13.0. The van der Waals surface area contributed by atoms with Crippen LogP contribution in [0.3, 0.4) is 0 Å². The second-order valence-electron chi connectivity index (χ2n) is 9.75. The lowest BCUT2D eigenvalue weighted by Gasteiger charge is -2.17. The summed E-state index contributed by atoms with van der Waals surface area (Å²) in [5.41, 5.74) is 5.90. The van der Waals surface area contributed by atoms with E-state index in [1.807, 2.05) is 90.5 Å². The van der Waals surface area contributed by atoms with Crippen LogP contribution in [0.5, 0.6) is 0 Å². The van der Waals surface area contributed by atoms with Crippen molar-refractivity contribution in [3.63, 3.8) is 0 Å². The van der Waals surface area contributed by atoms with Gasteiger partial charge in [0.2, 0.25) is 0 Å². The summed E-state index contributed by atoms with van der Waals surface area (Å²) in [6, 6.07) is 32.0. The summed E-state index contributed by atoms with van der Waals surface area (Å²) in [7, 11) is 0. The monoisotopic (exact) mass is 526 g/mol. The number of carboxylic acids is 1. The molecule has 2 aromatic heterocycles. The molecule has 0 aliphatic carbocycles. The lowest BCUT2D eigenvalue weighted by molar-refractivity contribution is 0.0696. The Balaban J connectivity index is 1.39. The van der Waals surface area contributed by atoms with Gasteiger partial charge in [0.25, 0.3) is 5.91 Å². The van der Waals surface area contributed by atoms with Crippen LogP contribution in [0.15, 0.2) is 109 Å². The molecule has 0 aliphatic heterocycles. The summed E-state index contributed by atoms with van der Waals surface area (Å²) >= 11 is 0. The molecule has 0 fully saturated rings. The number of carboxylic acid groups (broad SMARTS) is 1. The molecule has 2 N–H and O–H groups in total. The van der Waals surface area contributed by atoms with Crippen molar-refractivity contribution >= 4 is 33.7 Å². The largest absolute Gasteiger partial charge is 0.478 e. The summed E-state index contributed by atoms with van der Waals surface area (Å²) in [5, 5.41) is 18.9. The Hall–Kier alpha value is -5.30. The summed E-state index contributed by atoms with van der Waals surface area (Å²) in [4.78, 5) is 29.9. The lowest BCUT2D eigenvalue weighted by Crippen LogP contribution is -2.27. The zero-order chi connectivity index (χ0) is 27.6. The molecule has 0 spiro atoms. The molecule has 0 saturated heterocycles. The van der Waals surface area contributed by atoms with Crippen molar-refractivity contribution in [2.75, 3.05) is 0 Å². The van der Waals surface area contributed by atoms with Crippen LogP contribution in [0.25, 0.3) is 32.9 Å². The van der Waals surface area contributed by atoms with E-state index in [9.17, 15) is 14.7 Å². The first-order chi connectivity index (χ1) is 19.5. The molecule has 4 aromatic carbocycles. The SMILES string of the molecule is C[C@H](NC(=O)c1cc(-c2ccccc2)cc2cnn(Cc3ccc4ccccc4n3)c12)c1ccc(C(=O)O)cc1. The quantitative estimate of drug-likeness (QED) is 0.248. The Kier molecular flexibility index (Phi) is 6.54. The van der Waals surface area contributed by atoms with Gasteiger partial charge in [0, 0.05) is 10.8 Å². The van der Waals surface area contributed by atoms with Crippen LogP contribution in [-0.4, -0.2) is 31.7 Å². The molecule has 2 heterocycles. The molecular weight excluding hydrogens is 500 g/mol. The van der Waals surface area contributed by atoms with Crippen molar-refractivity contribution in [3.8, 4) is 11.1 Å². The number of rotatable bonds is 7. The van der Waals surface area contributed by atoms with E-state index < -0.39 is 5.97 Å². The van der Waals surface area contributed by atoms with E-state index in [-0.39, 0.29) is 17.5 Å². The third-order valence-electron chi connectivity index (χ3n) is 7.06. The van der Waals surface area contributed by atoms with Crippen LogP contribution in [0, 0.1) is 0 Å². The summed E-state index contributed by atoms with van der Waals surface area (Å²) < 4.78 is 1.82. The van der Waals surface area contributed by atoms with Crippen LogP contribution in [0.4, 0.5) is 0 Å². The van der Waals surface area contributed by atoms with E-state index in [1.54, 1.807) is 30.5 Å². The van der Waals surface area contributed by atoms with Gasteiger partial charge in [-0.2, -0.15) is 5.10 Å². The molecule has 0 aliphatic rings. The van der Waals surface area contributed by atoms with E-state index >= 15 is 0 Å². The second-order valence-corrected chi connectivity index (χ2v) is 9.75. The van der Waals surface area contributed by atoms with Crippen molar-refractivity contribution in [3.05, 3.63) is 132 Å². The summed E-state index contributed by atoms with van der Waals surface area (Å²) in [5.74, 6) is -1.23. The van der Waals surface area contributed by atoms with Crippen molar-refractivity contribution in [1.29, 1.82) is 0 Å². The molecule has 7 nitrogen and oxygen atoms in total. The van der Waals surface area contributed by atoms with Gasteiger partial charge < -0.3 is 10.4 Å². The standard InChI is InChI=1S/C33H26N4O3/c1-21(22-11-13-25(14-12-22)33(39)40)35-32(38)29-18-26(23-7-3-2-4-8-23)17-27-19-34-37(31(27)29)20-28-16-15-24-9-5-6-10-30(24)36-28/h2-19,21H,20H2,1H3,(H,35,38)(H,39,40)/t21-/m0/s1. The van der Waals surface area contributed by atoms with Crippen LogP contribution in [0.1, 0.15) is 44.9 Å². The van der Waals surface area contributed by atoms with Gasteiger partial charge in [0.1, 0.15) is 0 Å². The number of aromatic carboxylic acids is 1. The maximum atomic E-state index is 13.8. The highest BCUT2D eigenvalue weighted by Gasteiger charge is 2.20. The van der Waals surface area contributed by atoms with Gasteiger partial charge in [-0.25, -0.2) is 4.79 Å². The predicted molar refractivity (Wildman–Crippen MR) is 155 cm³/mol. The number of para-hydroxylation sites is 1. The Morgan fingerprint density at radius 1 is 0.850 bits per heavy atom. The molecule has 196 valence electrons. The molecule has 6 aromatic rings. The number of nitrogens with one attached hydrogen (secondary N) is 1. The third kappa shape index (κ3) is 4.92. The summed E-state index contributed by atoms with van der Waals surface area (Å²) in [6.07, 6.45) is 1.79. The molecule has 0 bridgehead atoms. The minimum absolute atomic E-state index is 0.200. The highest BCUT2D eigenvalue weighted by molar-refractivity contribution is 6.07. The average Bonchev–Trinajstić information content (AvgIpc) is 3.39. The van der Waals surface area contributed by atoms with E-state index in [4.69, 9.17) is 4.98 Å². The number of nitrogens with zero attached hydrogens (tertiary/aromatic N) is 3. The zero-order valence-electron chi connectivity index (χ0n) is 21.8. The number of hydrogen-bond acceptors (Lipinski definition) is 4. The predicted octanol–water partition coefficient (Wildman–Crippen LogP) is 6.49. The van der Waals surface area contributed by atoms with E-state index in [2.05, 4.69) is 10.4 Å². The van der Waals surface area contributed by atoms with E-state index in [0.29, 0.717) is 12.1 Å². The van der Waals surface area contributed by atoms with Crippen molar-refractivity contribution in [1.82, 2.24) is 20.1 Å². The minimum Gasteiger partial charge on any atom is -0.478 e. The first kappa shape index (κ1) is 25.0. The molecule has 6 rings (SSSR count). The van der Waals surface area contributed by atoms with Gasteiger partial charge in [-0.3, -0.25) is 14.5 Å². The highest BCUT2D eigenvalue weighted by Crippen LogP contribution is 2.29. The second kappa shape index (κ2) is 10.5. The molecule has 0 radical (unpaired) electrons. The third-order valence-corrected chi connectivity index (χ3v) is 7.06. The Morgan fingerprint density at radius 2 is 1.60 bits per heavy atom. The average molecular weight is 527 g/mol. The fourth-order valence-electron chi connectivity index (χ4n) is 4.95. The van der Waals surface area contributed by atoms with Crippen LogP contribution < -0.4 is 5.32 Å². The zero-order valence-corrected chi connectivity index (χ0v) is 21.8. The maximum Gasteiger partial charge on any atom is 0.335 e. The number of fused-ring (bicyclic) bond motifs is 2. The Labute approximate surface area is 230 Å². The number of hydrogen-bond donors (Lipinski definition) is 2. The fraction of sp³-hybridized carbons (Fsp3) is 0.0909. The number of pyridine rings is 1. The van der Waals surface area contributed by atoms with Crippen molar-refractivity contribution in [2.45, 2.75) is 19.5 Å². The number of carbonyl (C=O) groups excluding carboxylic acids is 1. The van der Waals surface area contributed by atoms with Gasteiger partial charge in [0.05, 0.1) is 46.6 Å². The van der Waals surface area contributed by atoms with Crippen molar-refractivity contribution < 1.29 is 14.7 Å². The molecule has 40 heavy (non-hydrogen) atoms. The normalized spacial score (nSPS) is 11.9. The number of carbonyl (C=O) groups is 2. The van der Waals surface area contributed by atoms with Crippen LogP contribution in [-0.2, 0) is 6.54 Å². The molecule has 1 atom stereocenters. The lowest BCUT2D eigenvalue weighted by atomic mass is 9.99. The van der Waals surface area contributed by atoms with Crippen molar-refractivity contribution in [2.24, 2.45) is 0 Å². The van der Waals surface area contributed by atoms with Gasteiger partial charge in [-0.05, 0) is 60.0 Å². The Morgan fingerprint density at radius 3 is 2.38 bits per heavy atom. The van der Waals surface area contributed by atoms with E-state index in [1.165, 1.54) is 0 Å². The van der Waals surface area contributed by atoms with Crippen LogP contribution in [0.2, 0.25) is 0 Å². The van der Waals surface area contributed by atoms with Gasteiger partial charge in [-0.1, -0.05) is 66.7 Å². The molecule has 1 amide bonds. The Bertz CT molecular complexity index is 1860. The van der Waals surface area contributed by atoms with Gasteiger partial charge in [-0.15, -0.1) is 0 Å². The smallest absolute Gasteiger partial charge is 0.335 e. The number of benzene rings is 4. The first-order valence-corrected chi connectivity index (χ1v) is 13.0. The maximum absolute atomic E-state index is 13.8. The number of aromatic nitrogens is 3. The van der Waals surface area contributed by atoms with Gasteiger partial charge >= 0.3 is 5.97 Å². The van der Waals surface area contributed by atoms with Gasteiger partial charge in [0.15, 0.2) is 0 Å². The molecule has 0 unspecified atom stereocenters. The van der Waals surface area contributed by atoms with E-state index in [0.717, 1.165) is 44.2 Å². The molecule has 0 saturated carbocycles. The summed E-state index contributed by atoms with van der Waals surface area (Å²) in [6.45, 7) is 2.29. The highest BCUT2D eigenvalue weighted by atomic mass is 16.4. The molecular formula is C33H26N4O3. The fourth-order valence-corrected chi connectivity index (χ4v) is 4.95. The van der Waals surface area contributed by atoms with Crippen LogP contribution >= 0.6 is 0 Å². The molecule has 7 heteroatoms. The minimum atomic E-state index is -0.988.